The summed E-state index contributed by atoms with van der Waals surface area (Å²) >= 11 is 8.64. The second-order valence-electron chi connectivity index (χ2n) is 5.52. The maximum atomic E-state index is 2.45. The zero-order chi connectivity index (χ0) is 12.2. The Bertz CT molecular complexity index is 294. The Balaban J connectivity index is 1.39. The van der Waals surface area contributed by atoms with Gasteiger partial charge in [-0.1, -0.05) is 0 Å². The summed E-state index contributed by atoms with van der Waals surface area (Å²) in [4.78, 5) is 1.65. The van der Waals surface area contributed by atoms with Crippen molar-refractivity contribution in [1.29, 1.82) is 0 Å². The van der Waals surface area contributed by atoms with Crippen LogP contribution in [0.25, 0.3) is 0 Å². The second-order valence-corrected chi connectivity index (χ2v) is 10.4. The largest absolute Gasteiger partial charge is 0.147 e. The van der Waals surface area contributed by atoms with Crippen LogP contribution in [0.3, 0.4) is 0 Å². The predicted molar refractivity (Wildman–Crippen MR) is 91.8 cm³/mol. The van der Waals surface area contributed by atoms with Crippen molar-refractivity contribution in [2.75, 3.05) is 23.0 Å². The first-order valence-electron chi connectivity index (χ1n) is 7.07. The molecule has 2 fully saturated rings. The van der Waals surface area contributed by atoms with Crippen molar-refractivity contribution in [2.45, 2.75) is 36.7 Å². The first-order chi connectivity index (χ1) is 8.90. The lowest BCUT2D eigenvalue weighted by Crippen LogP contribution is -2.05. The van der Waals surface area contributed by atoms with Crippen LogP contribution in [0, 0.1) is 11.8 Å². The molecule has 1 unspecified atom stereocenters. The molecule has 2 aliphatic carbocycles. The molecule has 1 aliphatic heterocycles. The van der Waals surface area contributed by atoms with E-state index in [4.69, 9.17) is 0 Å². The zero-order valence-electron chi connectivity index (χ0n) is 10.8. The highest BCUT2D eigenvalue weighted by atomic mass is 32.2. The van der Waals surface area contributed by atoms with Crippen molar-refractivity contribution in [3.8, 4) is 0 Å². The monoisotopic (exact) mass is 318 g/mol. The highest BCUT2D eigenvalue weighted by molar-refractivity contribution is 8.18. The first-order valence-corrected chi connectivity index (χ1v) is 11.2. The Kier molecular flexibility index (Phi) is 5.66. The Labute approximate surface area is 128 Å². The molecule has 102 valence electrons. The minimum atomic E-state index is 0.864. The molecule has 0 saturated heterocycles. The molecule has 18 heavy (non-hydrogen) atoms. The van der Waals surface area contributed by atoms with Crippen molar-refractivity contribution in [1.82, 2.24) is 0 Å². The van der Waals surface area contributed by atoms with Gasteiger partial charge in [0.15, 0.2) is 0 Å². The molecule has 3 aliphatic rings. The maximum absolute atomic E-state index is 2.45. The smallest absolute Gasteiger partial charge is 0.0514 e. The van der Waals surface area contributed by atoms with Gasteiger partial charge in [0, 0.05) is 16.4 Å². The lowest BCUT2D eigenvalue weighted by molar-refractivity contribution is 0.988. The molecule has 1 atom stereocenters. The molecule has 3 rings (SSSR count). The summed E-state index contributed by atoms with van der Waals surface area (Å²) in [7, 11) is 0. The first kappa shape index (κ1) is 14.1. The highest BCUT2D eigenvalue weighted by Gasteiger charge is 2.24. The molecule has 2 saturated carbocycles. The lowest BCUT2D eigenvalue weighted by atomic mass is 10.5. The van der Waals surface area contributed by atoms with Crippen LogP contribution in [-0.4, -0.2) is 27.6 Å². The van der Waals surface area contributed by atoms with E-state index in [1.54, 1.807) is 4.91 Å². The SMILES string of the molecule is C1=C(SCC2CC2)CSC(SCC2CC2)CCS1. The molecule has 0 aromatic rings. The van der Waals surface area contributed by atoms with Crippen LogP contribution >= 0.6 is 47.0 Å². The third-order valence-electron chi connectivity index (χ3n) is 3.51. The average molecular weight is 319 g/mol. The maximum Gasteiger partial charge on any atom is 0.0514 e. The third kappa shape index (κ3) is 5.26. The summed E-state index contributed by atoms with van der Waals surface area (Å²) in [6, 6.07) is 0. The molecule has 0 spiro atoms. The Morgan fingerprint density at radius 2 is 1.83 bits per heavy atom. The Hall–Kier alpha value is 1.14. The van der Waals surface area contributed by atoms with E-state index in [9.17, 15) is 0 Å². The van der Waals surface area contributed by atoms with Gasteiger partial charge in [0.1, 0.15) is 0 Å². The van der Waals surface area contributed by atoms with E-state index in [0.717, 1.165) is 16.4 Å². The van der Waals surface area contributed by atoms with E-state index in [2.05, 4.69) is 52.5 Å². The predicted octanol–water partition coefficient (Wildman–Crippen LogP) is 5.31. The summed E-state index contributed by atoms with van der Waals surface area (Å²) in [5.41, 5.74) is 0. The van der Waals surface area contributed by atoms with E-state index in [1.165, 1.54) is 55.1 Å². The summed E-state index contributed by atoms with van der Waals surface area (Å²) in [5, 5.41) is 2.45. The van der Waals surface area contributed by atoms with Gasteiger partial charge in [0.2, 0.25) is 0 Å². The van der Waals surface area contributed by atoms with Gasteiger partial charge < -0.3 is 0 Å². The zero-order valence-corrected chi connectivity index (χ0v) is 14.1. The molecule has 0 aromatic heterocycles. The Morgan fingerprint density at radius 1 is 1.06 bits per heavy atom. The van der Waals surface area contributed by atoms with E-state index in [0.29, 0.717) is 0 Å². The van der Waals surface area contributed by atoms with Crippen molar-refractivity contribution in [3.63, 3.8) is 0 Å². The minimum absolute atomic E-state index is 0.864. The highest BCUT2D eigenvalue weighted by Crippen LogP contribution is 2.41. The van der Waals surface area contributed by atoms with Crippen LogP contribution in [0.5, 0.6) is 0 Å². The van der Waals surface area contributed by atoms with Crippen LogP contribution in [0.4, 0.5) is 0 Å². The van der Waals surface area contributed by atoms with Crippen molar-refractivity contribution >= 4 is 47.0 Å². The summed E-state index contributed by atoms with van der Waals surface area (Å²) < 4.78 is 0.864. The van der Waals surface area contributed by atoms with Crippen molar-refractivity contribution in [3.05, 3.63) is 10.3 Å². The van der Waals surface area contributed by atoms with E-state index >= 15 is 0 Å². The van der Waals surface area contributed by atoms with Gasteiger partial charge in [0.25, 0.3) is 0 Å². The topological polar surface area (TPSA) is 0 Å². The molecule has 0 amide bonds. The quantitative estimate of drug-likeness (QED) is 0.650. The molecule has 0 bridgehead atoms. The van der Waals surface area contributed by atoms with E-state index in [-0.39, 0.29) is 0 Å². The number of hydrogen-bond acceptors (Lipinski definition) is 4. The number of thioether (sulfide) groups is 4. The standard InChI is InChI=1S/C14H22S4/c1-2-11(1)7-16-13-9-15-6-5-14(18-10-13)17-8-12-3-4-12/h9,11-12,14H,1-8,10H2. The fourth-order valence-electron chi connectivity index (χ4n) is 1.85. The van der Waals surface area contributed by atoms with Crippen LogP contribution in [0.2, 0.25) is 0 Å². The van der Waals surface area contributed by atoms with Gasteiger partial charge >= 0.3 is 0 Å². The van der Waals surface area contributed by atoms with Crippen molar-refractivity contribution in [2.24, 2.45) is 11.8 Å². The Morgan fingerprint density at radius 3 is 2.61 bits per heavy atom. The summed E-state index contributed by atoms with van der Waals surface area (Å²) in [6.07, 6.45) is 7.37. The molecule has 0 N–H and O–H groups in total. The molecule has 0 aromatic carbocycles. The number of hydrogen-bond donors (Lipinski definition) is 0. The fourth-order valence-corrected chi connectivity index (χ4v) is 7.46. The summed E-state index contributed by atoms with van der Waals surface area (Å²) in [6.45, 7) is 0. The van der Waals surface area contributed by atoms with E-state index < -0.39 is 0 Å². The second kappa shape index (κ2) is 7.24. The molecule has 0 nitrogen and oxygen atoms in total. The van der Waals surface area contributed by atoms with Crippen LogP contribution < -0.4 is 0 Å². The normalized spacial score (nSPS) is 29.6. The van der Waals surface area contributed by atoms with Crippen LogP contribution in [-0.2, 0) is 0 Å². The molecule has 0 radical (unpaired) electrons. The van der Waals surface area contributed by atoms with E-state index in [1.807, 2.05) is 0 Å². The number of rotatable bonds is 6. The van der Waals surface area contributed by atoms with Gasteiger partial charge in [-0.05, 0) is 60.9 Å². The van der Waals surface area contributed by atoms with Crippen LogP contribution in [0.1, 0.15) is 32.1 Å². The van der Waals surface area contributed by atoms with Gasteiger partial charge in [-0.2, -0.15) is 0 Å². The van der Waals surface area contributed by atoms with Crippen LogP contribution in [0.15, 0.2) is 10.3 Å². The van der Waals surface area contributed by atoms with Gasteiger partial charge in [-0.15, -0.1) is 47.0 Å². The minimum Gasteiger partial charge on any atom is -0.147 e. The molecular formula is C14H22S4. The third-order valence-corrected chi connectivity index (χ3v) is 9.21. The summed E-state index contributed by atoms with van der Waals surface area (Å²) in [5.74, 6) is 7.53. The average Bonchev–Trinajstić information content (AvgIpc) is 3.22. The van der Waals surface area contributed by atoms with Crippen molar-refractivity contribution < 1.29 is 0 Å². The lowest BCUT2D eigenvalue weighted by Gasteiger charge is -2.19. The molecular weight excluding hydrogens is 296 g/mol. The van der Waals surface area contributed by atoms with Gasteiger partial charge in [-0.25, -0.2) is 0 Å². The molecule has 1 heterocycles. The molecule has 4 heteroatoms. The van der Waals surface area contributed by atoms with Gasteiger partial charge in [0.05, 0.1) is 4.58 Å². The fraction of sp³-hybridized carbons (Fsp3) is 0.857. The van der Waals surface area contributed by atoms with Gasteiger partial charge in [-0.3, -0.25) is 0 Å².